The zero-order valence-electron chi connectivity index (χ0n) is 15.4. The predicted molar refractivity (Wildman–Crippen MR) is 104 cm³/mol. The maximum absolute atomic E-state index is 12.7. The highest BCUT2D eigenvalue weighted by atomic mass is 16.5. The number of Topliss-reactive ketones (excluding diaryl/α,β-unsaturated/α-hetero) is 1. The summed E-state index contributed by atoms with van der Waals surface area (Å²) in [5.74, 6) is 0.719. The number of carbonyl (C=O) groups excluding carboxylic acids is 1. The van der Waals surface area contributed by atoms with Gasteiger partial charge in [0.15, 0.2) is 5.78 Å². The van der Waals surface area contributed by atoms with E-state index in [9.17, 15) is 10.1 Å². The van der Waals surface area contributed by atoms with E-state index >= 15 is 0 Å². The molecule has 4 rings (SSSR count). The molecule has 0 aromatic heterocycles. The lowest BCUT2D eigenvalue weighted by molar-refractivity contribution is -0.116. The second-order valence-corrected chi connectivity index (χ2v) is 6.85. The smallest absolute Gasteiger partial charge is 0.205 e. The fourth-order valence-corrected chi connectivity index (χ4v) is 3.75. The lowest BCUT2D eigenvalue weighted by atomic mass is 9.77. The van der Waals surface area contributed by atoms with Crippen LogP contribution in [0.1, 0.15) is 36.3 Å². The van der Waals surface area contributed by atoms with Gasteiger partial charge in [0.1, 0.15) is 29.8 Å². The summed E-state index contributed by atoms with van der Waals surface area (Å²) < 4.78 is 11.7. The van der Waals surface area contributed by atoms with Crippen molar-refractivity contribution in [3.8, 4) is 11.8 Å². The minimum absolute atomic E-state index is 0.00404. The number of carbonyl (C=O) groups is 1. The number of benzene rings is 2. The molecule has 0 radical (unpaired) electrons. The van der Waals surface area contributed by atoms with Gasteiger partial charge in [-0.25, -0.2) is 0 Å². The molecule has 0 saturated carbocycles. The molecule has 0 saturated heterocycles. The molecule has 0 unspecified atom stereocenters. The van der Waals surface area contributed by atoms with Crippen LogP contribution < -0.4 is 10.5 Å². The quantitative estimate of drug-likeness (QED) is 0.874. The number of allylic oxidation sites excluding steroid dienone is 3. The summed E-state index contributed by atoms with van der Waals surface area (Å²) in [5, 5.41) is 9.73. The number of ether oxygens (including phenoxy) is 2. The zero-order chi connectivity index (χ0) is 19.5. The second kappa shape index (κ2) is 7.61. The molecule has 2 aromatic carbocycles. The van der Waals surface area contributed by atoms with Crippen LogP contribution in [0.25, 0.3) is 0 Å². The van der Waals surface area contributed by atoms with Gasteiger partial charge in [0.25, 0.3) is 0 Å². The number of hydrogen-bond acceptors (Lipinski definition) is 5. The van der Waals surface area contributed by atoms with Crippen molar-refractivity contribution in [3.05, 3.63) is 88.5 Å². The molecule has 0 amide bonds. The van der Waals surface area contributed by atoms with Crippen LogP contribution in [0.4, 0.5) is 0 Å². The molecular formula is C23H20N2O3. The summed E-state index contributed by atoms with van der Waals surface area (Å²) in [6, 6.07) is 19.5. The number of rotatable bonds is 4. The van der Waals surface area contributed by atoms with Gasteiger partial charge in [-0.1, -0.05) is 48.5 Å². The van der Waals surface area contributed by atoms with E-state index in [4.69, 9.17) is 15.2 Å². The van der Waals surface area contributed by atoms with Gasteiger partial charge in [-0.2, -0.15) is 5.26 Å². The Hall–Kier alpha value is -3.52. The summed E-state index contributed by atoms with van der Waals surface area (Å²) >= 11 is 0. The Morgan fingerprint density at radius 1 is 1.11 bits per heavy atom. The van der Waals surface area contributed by atoms with E-state index in [0.29, 0.717) is 36.5 Å². The molecule has 1 aliphatic heterocycles. The topological polar surface area (TPSA) is 85.3 Å². The lowest BCUT2D eigenvalue weighted by Gasteiger charge is -2.31. The van der Waals surface area contributed by atoms with Crippen LogP contribution in [0.3, 0.4) is 0 Å². The Kier molecular flexibility index (Phi) is 4.86. The van der Waals surface area contributed by atoms with Crippen molar-refractivity contribution in [2.75, 3.05) is 0 Å². The fraction of sp³-hybridized carbons (Fsp3) is 0.217. The number of nitrogens with zero attached hydrogens (tertiary/aromatic N) is 1. The van der Waals surface area contributed by atoms with E-state index in [1.807, 2.05) is 54.6 Å². The number of nitrogens with two attached hydrogens (primary N) is 1. The van der Waals surface area contributed by atoms with Crippen LogP contribution in [0.5, 0.6) is 5.75 Å². The van der Waals surface area contributed by atoms with Crippen molar-refractivity contribution in [2.24, 2.45) is 5.73 Å². The molecule has 0 spiro atoms. The third-order valence-electron chi connectivity index (χ3n) is 5.07. The van der Waals surface area contributed by atoms with E-state index in [2.05, 4.69) is 6.07 Å². The predicted octanol–water partition coefficient (Wildman–Crippen LogP) is 4.08. The normalized spacial score (nSPS) is 19.0. The minimum atomic E-state index is -0.562. The highest BCUT2D eigenvalue weighted by Gasteiger charge is 2.39. The molecule has 1 atom stereocenters. The van der Waals surface area contributed by atoms with Crippen LogP contribution in [0.2, 0.25) is 0 Å². The Morgan fingerprint density at radius 2 is 1.86 bits per heavy atom. The van der Waals surface area contributed by atoms with Gasteiger partial charge in [0.05, 0.1) is 5.92 Å². The first-order valence-corrected chi connectivity index (χ1v) is 9.28. The van der Waals surface area contributed by atoms with Gasteiger partial charge in [0.2, 0.25) is 5.88 Å². The lowest BCUT2D eigenvalue weighted by Crippen LogP contribution is -2.27. The molecule has 5 heteroatoms. The first-order valence-electron chi connectivity index (χ1n) is 9.28. The number of nitriles is 1. The van der Waals surface area contributed by atoms with Crippen molar-refractivity contribution in [1.29, 1.82) is 5.26 Å². The van der Waals surface area contributed by atoms with Gasteiger partial charge < -0.3 is 15.2 Å². The minimum Gasteiger partial charge on any atom is -0.489 e. The van der Waals surface area contributed by atoms with Crippen LogP contribution in [0, 0.1) is 11.3 Å². The average molecular weight is 372 g/mol. The van der Waals surface area contributed by atoms with Crippen LogP contribution in [-0.2, 0) is 16.1 Å². The van der Waals surface area contributed by atoms with Crippen molar-refractivity contribution in [2.45, 2.75) is 31.8 Å². The van der Waals surface area contributed by atoms with E-state index in [0.717, 1.165) is 17.5 Å². The summed E-state index contributed by atoms with van der Waals surface area (Å²) in [4.78, 5) is 12.7. The summed E-state index contributed by atoms with van der Waals surface area (Å²) in [6.45, 7) is 0.391. The van der Waals surface area contributed by atoms with Crippen molar-refractivity contribution < 1.29 is 14.3 Å². The first-order chi connectivity index (χ1) is 13.7. The summed E-state index contributed by atoms with van der Waals surface area (Å²) in [5.41, 5.74) is 8.61. The molecule has 1 aliphatic carbocycles. The SMILES string of the molecule is N#CC1=C(N)OC2=C(C(=O)CCC2)[C@@H]1c1ccccc1OCc1ccccc1. The largest absolute Gasteiger partial charge is 0.489 e. The zero-order valence-corrected chi connectivity index (χ0v) is 15.4. The monoisotopic (exact) mass is 372 g/mol. The van der Waals surface area contributed by atoms with Crippen LogP contribution in [-0.4, -0.2) is 5.78 Å². The molecule has 0 fully saturated rings. The Labute approximate surface area is 163 Å². The highest BCUT2D eigenvalue weighted by molar-refractivity contribution is 5.99. The molecular weight excluding hydrogens is 352 g/mol. The van der Waals surface area contributed by atoms with Gasteiger partial charge in [-0.05, 0) is 18.1 Å². The van der Waals surface area contributed by atoms with Gasteiger partial charge in [0, 0.05) is 24.0 Å². The summed E-state index contributed by atoms with van der Waals surface area (Å²) in [7, 11) is 0. The average Bonchev–Trinajstić information content (AvgIpc) is 2.72. The van der Waals surface area contributed by atoms with E-state index in [1.165, 1.54) is 0 Å². The van der Waals surface area contributed by atoms with Crippen molar-refractivity contribution in [3.63, 3.8) is 0 Å². The third kappa shape index (κ3) is 3.25. The molecule has 2 N–H and O–H groups in total. The Morgan fingerprint density at radius 3 is 2.64 bits per heavy atom. The Bertz CT molecular complexity index is 1020. The standard InChI is InChI=1S/C23H20N2O3/c24-13-17-21(22-18(26)10-6-12-20(22)28-23(17)25)16-9-4-5-11-19(16)27-14-15-7-2-1-3-8-15/h1-5,7-9,11,21H,6,10,12,14,25H2/t21-/m1/s1. The van der Waals surface area contributed by atoms with Crippen molar-refractivity contribution in [1.82, 2.24) is 0 Å². The highest BCUT2D eigenvalue weighted by Crippen LogP contribution is 2.45. The van der Waals surface area contributed by atoms with E-state index in [1.54, 1.807) is 0 Å². The third-order valence-corrected chi connectivity index (χ3v) is 5.07. The van der Waals surface area contributed by atoms with Crippen LogP contribution >= 0.6 is 0 Å². The molecule has 28 heavy (non-hydrogen) atoms. The fourth-order valence-electron chi connectivity index (χ4n) is 3.75. The molecule has 2 aromatic rings. The molecule has 0 bridgehead atoms. The Balaban J connectivity index is 1.76. The molecule has 1 heterocycles. The van der Waals surface area contributed by atoms with Crippen molar-refractivity contribution >= 4 is 5.78 Å². The maximum atomic E-state index is 12.7. The first kappa shape index (κ1) is 17.9. The summed E-state index contributed by atoms with van der Waals surface area (Å²) in [6.07, 6.45) is 1.82. The maximum Gasteiger partial charge on any atom is 0.205 e. The second-order valence-electron chi connectivity index (χ2n) is 6.85. The number of hydrogen-bond donors (Lipinski definition) is 1. The van der Waals surface area contributed by atoms with Crippen LogP contribution in [0.15, 0.2) is 77.4 Å². The van der Waals surface area contributed by atoms with Gasteiger partial charge >= 0.3 is 0 Å². The molecule has 5 nitrogen and oxygen atoms in total. The number of ketones is 1. The van der Waals surface area contributed by atoms with Gasteiger partial charge in [-0.3, -0.25) is 4.79 Å². The van der Waals surface area contributed by atoms with Gasteiger partial charge in [-0.15, -0.1) is 0 Å². The number of para-hydroxylation sites is 1. The molecule has 2 aliphatic rings. The molecule has 140 valence electrons. The van der Waals surface area contributed by atoms with E-state index < -0.39 is 5.92 Å². The van der Waals surface area contributed by atoms with E-state index in [-0.39, 0.29) is 17.2 Å².